The van der Waals surface area contributed by atoms with Gasteiger partial charge in [-0.15, -0.1) is 0 Å². The minimum atomic E-state index is -1.20. The molecule has 0 aliphatic rings. The highest BCUT2D eigenvalue weighted by molar-refractivity contribution is 5.89. The van der Waals surface area contributed by atoms with Crippen molar-refractivity contribution >= 4 is 11.7 Å². The summed E-state index contributed by atoms with van der Waals surface area (Å²) in [5.74, 6) is 0. The molecular weight excluding hydrogens is 320 g/mol. The van der Waals surface area contributed by atoms with Crippen LogP contribution in [0.4, 0.5) is 10.5 Å². The highest BCUT2D eigenvalue weighted by atomic mass is 16.3. The number of rotatable bonds is 5. The third-order valence-corrected chi connectivity index (χ3v) is 3.81. The molecule has 0 fully saturated rings. The lowest BCUT2D eigenvalue weighted by Gasteiger charge is -2.22. The number of amides is 2. The largest absolute Gasteiger partial charge is 0.383 e. The van der Waals surface area contributed by atoms with Crippen molar-refractivity contribution in [1.82, 2.24) is 24.9 Å². The zero-order chi connectivity index (χ0) is 17.9. The molecule has 0 saturated carbocycles. The Morgan fingerprint density at radius 2 is 2.04 bits per heavy atom. The second kappa shape index (κ2) is 6.78. The molecule has 3 aromatic rings. The molecule has 2 amide bonds. The van der Waals surface area contributed by atoms with E-state index in [0.29, 0.717) is 11.3 Å². The fraction of sp³-hybridized carbons (Fsp3) is 0.235. The van der Waals surface area contributed by atoms with Crippen LogP contribution in [0.3, 0.4) is 0 Å². The summed E-state index contributed by atoms with van der Waals surface area (Å²) in [6.45, 7) is 1.69. The minimum absolute atomic E-state index is 0.0654. The number of hydrogen-bond donors (Lipinski definition) is 3. The Morgan fingerprint density at radius 1 is 1.28 bits per heavy atom. The molecule has 1 atom stereocenters. The Morgan fingerprint density at radius 3 is 2.64 bits per heavy atom. The summed E-state index contributed by atoms with van der Waals surface area (Å²) in [6.07, 6.45) is 6.84. The van der Waals surface area contributed by atoms with Gasteiger partial charge >= 0.3 is 6.03 Å². The van der Waals surface area contributed by atoms with Gasteiger partial charge in [-0.25, -0.2) is 9.48 Å². The molecule has 8 heteroatoms. The van der Waals surface area contributed by atoms with Gasteiger partial charge in [-0.2, -0.15) is 10.2 Å². The number of carbonyl (C=O) groups is 1. The number of anilines is 1. The maximum Gasteiger partial charge on any atom is 0.319 e. The van der Waals surface area contributed by atoms with Gasteiger partial charge in [0.15, 0.2) is 0 Å². The number of aromatic nitrogens is 4. The summed E-state index contributed by atoms with van der Waals surface area (Å²) in [6, 6.07) is 8.73. The van der Waals surface area contributed by atoms with Crippen LogP contribution in [0, 0.1) is 0 Å². The van der Waals surface area contributed by atoms with Crippen molar-refractivity contribution in [3.63, 3.8) is 0 Å². The van der Waals surface area contributed by atoms with Crippen molar-refractivity contribution in [2.24, 2.45) is 7.05 Å². The van der Waals surface area contributed by atoms with Crippen molar-refractivity contribution in [1.29, 1.82) is 0 Å². The second-order valence-electron chi connectivity index (χ2n) is 5.98. The highest BCUT2D eigenvalue weighted by Gasteiger charge is 2.25. The summed E-state index contributed by atoms with van der Waals surface area (Å²) in [7, 11) is 1.77. The van der Waals surface area contributed by atoms with E-state index in [0.717, 1.165) is 5.69 Å². The fourth-order valence-corrected chi connectivity index (χ4v) is 2.35. The van der Waals surface area contributed by atoms with E-state index in [-0.39, 0.29) is 6.54 Å². The van der Waals surface area contributed by atoms with E-state index in [1.165, 1.54) is 0 Å². The average Bonchev–Trinajstić information content (AvgIpc) is 3.26. The third-order valence-electron chi connectivity index (χ3n) is 3.81. The lowest BCUT2D eigenvalue weighted by molar-refractivity contribution is 0.0599. The molecule has 8 nitrogen and oxygen atoms in total. The standard InChI is InChI=1S/C17H20N6O2/c1-17(25,13-10-20-22(2)11-13)12-18-16(24)21-14-4-6-15(7-5-14)23-9-3-8-19-23/h3-11,25H,12H2,1-2H3,(H2,18,21,24). The van der Waals surface area contributed by atoms with Crippen LogP contribution < -0.4 is 10.6 Å². The molecule has 0 aliphatic carbocycles. The minimum Gasteiger partial charge on any atom is -0.383 e. The van der Waals surface area contributed by atoms with Crippen LogP contribution in [0.2, 0.25) is 0 Å². The Kier molecular flexibility index (Phi) is 4.53. The molecule has 130 valence electrons. The average molecular weight is 340 g/mol. The smallest absolute Gasteiger partial charge is 0.319 e. The Labute approximate surface area is 145 Å². The van der Waals surface area contributed by atoms with Gasteiger partial charge in [-0.3, -0.25) is 4.68 Å². The van der Waals surface area contributed by atoms with Crippen LogP contribution in [0.5, 0.6) is 0 Å². The van der Waals surface area contributed by atoms with Crippen LogP contribution in [0.25, 0.3) is 5.69 Å². The number of nitrogens with zero attached hydrogens (tertiary/aromatic N) is 4. The molecule has 1 unspecified atom stereocenters. The molecule has 0 bridgehead atoms. The first kappa shape index (κ1) is 16.7. The maximum atomic E-state index is 12.0. The number of carbonyl (C=O) groups excluding carboxylic acids is 1. The van der Waals surface area contributed by atoms with Gasteiger partial charge < -0.3 is 15.7 Å². The topological polar surface area (TPSA) is 97.0 Å². The first-order valence-corrected chi connectivity index (χ1v) is 7.80. The summed E-state index contributed by atoms with van der Waals surface area (Å²) in [4.78, 5) is 12.0. The molecule has 0 aliphatic heterocycles. The summed E-state index contributed by atoms with van der Waals surface area (Å²) in [5, 5.41) is 24.0. The lowest BCUT2D eigenvalue weighted by atomic mass is 10.00. The molecule has 0 spiro atoms. The predicted octanol–water partition coefficient (Wildman–Crippen LogP) is 1.63. The summed E-state index contributed by atoms with van der Waals surface area (Å²) >= 11 is 0. The van der Waals surface area contributed by atoms with E-state index in [4.69, 9.17) is 0 Å². The predicted molar refractivity (Wildman–Crippen MR) is 93.4 cm³/mol. The zero-order valence-corrected chi connectivity index (χ0v) is 14.0. The maximum absolute atomic E-state index is 12.0. The van der Waals surface area contributed by atoms with E-state index >= 15 is 0 Å². The van der Waals surface area contributed by atoms with Crippen molar-refractivity contribution < 1.29 is 9.90 Å². The van der Waals surface area contributed by atoms with Crippen LogP contribution in [0.1, 0.15) is 12.5 Å². The van der Waals surface area contributed by atoms with Gasteiger partial charge in [0.1, 0.15) is 5.60 Å². The molecule has 2 heterocycles. The van der Waals surface area contributed by atoms with Gasteiger partial charge in [-0.05, 0) is 37.3 Å². The van der Waals surface area contributed by atoms with Crippen molar-refractivity contribution in [2.45, 2.75) is 12.5 Å². The fourth-order valence-electron chi connectivity index (χ4n) is 2.35. The van der Waals surface area contributed by atoms with Crippen LogP contribution in [0.15, 0.2) is 55.1 Å². The number of urea groups is 1. The van der Waals surface area contributed by atoms with E-state index in [2.05, 4.69) is 20.8 Å². The SMILES string of the molecule is Cn1cc(C(C)(O)CNC(=O)Nc2ccc(-n3cccn3)cc2)cn1. The van der Waals surface area contributed by atoms with Crippen molar-refractivity contribution in [2.75, 3.05) is 11.9 Å². The number of nitrogens with one attached hydrogen (secondary N) is 2. The van der Waals surface area contributed by atoms with Gasteiger partial charge in [0.25, 0.3) is 0 Å². The molecule has 1 aromatic carbocycles. The normalized spacial score (nSPS) is 13.2. The zero-order valence-electron chi connectivity index (χ0n) is 14.0. The van der Waals surface area contributed by atoms with Crippen LogP contribution in [-0.2, 0) is 12.6 Å². The quantitative estimate of drug-likeness (QED) is 0.658. The molecule has 3 N–H and O–H groups in total. The van der Waals surface area contributed by atoms with Gasteiger partial charge in [0.2, 0.25) is 0 Å². The summed E-state index contributed by atoms with van der Waals surface area (Å²) < 4.78 is 3.33. The Bertz CT molecular complexity index is 836. The molecule has 0 saturated heterocycles. The van der Waals surface area contributed by atoms with E-state index in [1.54, 1.807) is 54.1 Å². The first-order valence-electron chi connectivity index (χ1n) is 7.80. The Balaban J connectivity index is 1.55. The number of aliphatic hydroxyl groups is 1. The van der Waals surface area contributed by atoms with Crippen molar-refractivity contribution in [3.05, 3.63) is 60.7 Å². The lowest BCUT2D eigenvalue weighted by Crippen LogP contribution is -2.40. The van der Waals surface area contributed by atoms with E-state index in [1.807, 2.05) is 24.4 Å². The molecule has 0 radical (unpaired) electrons. The first-order chi connectivity index (χ1) is 11.9. The highest BCUT2D eigenvalue weighted by Crippen LogP contribution is 2.18. The van der Waals surface area contributed by atoms with Gasteiger partial charge in [0, 0.05) is 36.9 Å². The second-order valence-corrected chi connectivity index (χ2v) is 5.98. The number of hydrogen-bond acceptors (Lipinski definition) is 4. The Hall–Kier alpha value is -3.13. The van der Waals surface area contributed by atoms with Crippen LogP contribution >= 0.6 is 0 Å². The monoisotopic (exact) mass is 340 g/mol. The molecular formula is C17H20N6O2. The van der Waals surface area contributed by atoms with E-state index < -0.39 is 11.6 Å². The molecule has 3 rings (SSSR count). The number of aryl methyl sites for hydroxylation is 1. The van der Waals surface area contributed by atoms with Crippen LogP contribution in [-0.4, -0.2) is 37.2 Å². The molecule has 25 heavy (non-hydrogen) atoms. The van der Waals surface area contributed by atoms with Crippen molar-refractivity contribution in [3.8, 4) is 5.69 Å². The van der Waals surface area contributed by atoms with Gasteiger partial charge in [-0.1, -0.05) is 0 Å². The number of benzene rings is 1. The van der Waals surface area contributed by atoms with Gasteiger partial charge in [0.05, 0.1) is 18.4 Å². The summed E-state index contributed by atoms with van der Waals surface area (Å²) in [5.41, 5.74) is 0.985. The molecule has 2 aromatic heterocycles. The van der Waals surface area contributed by atoms with E-state index in [9.17, 15) is 9.90 Å². The third kappa shape index (κ3) is 4.04.